The fourth-order valence-corrected chi connectivity index (χ4v) is 2.96. The first-order chi connectivity index (χ1) is 9.74. The van der Waals surface area contributed by atoms with Gasteiger partial charge in [-0.05, 0) is 25.0 Å². The Kier molecular flexibility index (Phi) is 2.64. The van der Waals surface area contributed by atoms with Crippen molar-refractivity contribution < 1.29 is 4.39 Å². The first kappa shape index (κ1) is 12.0. The Balaban J connectivity index is 1.82. The van der Waals surface area contributed by atoms with Gasteiger partial charge in [0.1, 0.15) is 11.0 Å². The number of rotatable bonds is 3. The van der Waals surface area contributed by atoms with Crippen LogP contribution in [0.1, 0.15) is 12.8 Å². The summed E-state index contributed by atoms with van der Waals surface area (Å²) in [4.78, 5) is 3.77. The number of benzene rings is 1. The zero-order valence-electron chi connectivity index (χ0n) is 10.8. The van der Waals surface area contributed by atoms with Crippen molar-refractivity contribution >= 4 is 17.8 Å². The molecule has 100 valence electrons. The number of fused-ring (bicyclic) bond motifs is 1. The molecule has 1 aliphatic heterocycles. The third-order valence-corrected chi connectivity index (χ3v) is 4.37. The van der Waals surface area contributed by atoms with Crippen LogP contribution in [0.5, 0.6) is 0 Å². The quantitative estimate of drug-likeness (QED) is 0.791. The standard InChI is InChI=1S/C16H13ClFN2/c17-16-12(11-5-6-19-7-14(11)18)3-4-15-13(16)9-20(15)8-10-1-2-10/h3-7,9-10H,1-2,8H2/q+1. The first-order valence-electron chi connectivity index (χ1n) is 6.78. The lowest BCUT2D eigenvalue weighted by Gasteiger charge is -2.10. The molecule has 0 saturated heterocycles. The average Bonchev–Trinajstić information content (AvgIpc) is 3.23. The maximum Gasteiger partial charge on any atom is 0.220 e. The van der Waals surface area contributed by atoms with Gasteiger partial charge in [-0.3, -0.25) is 4.98 Å². The molecule has 0 amide bonds. The van der Waals surface area contributed by atoms with Crippen LogP contribution in [0.4, 0.5) is 4.39 Å². The zero-order chi connectivity index (χ0) is 13.7. The maximum absolute atomic E-state index is 13.8. The molecule has 4 rings (SSSR count). The van der Waals surface area contributed by atoms with Crippen LogP contribution in [0.2, 0.25) is 5.02 Å². The molecule has 1 aliphatic carbocycles. The molecular weight excluding hydrogens is 275 g/mol. The minimum Gasteiger partial charge on any atom is -0.262 e. The van der Waals surface area contributed by atoms with Gasteiger partial charge in [-0.25, -0.2) is 4.39 Å². The highest BCUT2D eigenvalue weighted by atomic mass is 35.5. The summed E-state index contributed by atoms with van der Waals surface area (Å²) in [6, 6.07) is 5.58. The van der Waals surface area contributed by atoms with Crippen molar-refractivity contribution in [3.8, 4) is 11.1 Å². The molecule has 2 heterocycles. The molecule has 20 heavy (non-hydrogen) atoms. The Morgan fingerprint density at radius 2 is 2.10 bits per heavy atom. The lowest BCUT2D eigenvalue weighted by Crippen LogP contribution is -2.48. The summed E-state index contributed by atoms with van der Waals surface area (Å²) in [5.74, 6) is 0.485. The minimum atomic E-state index is -0.344. The van der Waals surface area contributed by atoms with E-state index in [9.17, 15) is 4.39 Å². The Labute approximate surface area is 120 Å². The van der Waals surface area contributed by atoms with Crippen molar-refractivity contribution in [2.45, 2.75) is 12.8 Å². The van der Waals surface area contributed by atoms with Crippen molar-refractivity contribution in [3.63, 3.8) is 0 Å². The third kappa shape index (κ3) is 1.85. The second-order valence-corrected chi connectivity index (χ2v) is 5.82. The summed E-state index contributed by atoms with van der Waals surface area (Å²) in [6.45, 7) is 1.08. The lowest BCUT2D eigenvalue weighted by molar-refractivity contribution is 0.625. The predicted molar refractivity (Wildman–Crippen MR) is 77.2 cm³/mol. The monoisotopic (exact) mass is 287 g/mol. The Morgan fingerprint density at radius 1 is 1.25 bits per heavy atom. The number of aromatic nitrogens is 1. The van der Waals surface area contributed by atoms with Gasteiger partial charge in [0.05, 0.1) is 11.2 Å². The van der Waals surface area contributed by atoms with Gasteiger partial charge in [0, 0.05) is 29.3 Å². The van der Waals surface area contributed by atoms with Gasteiger partial charge in [-0.2, -0.15) is 4.58 Å². The van der Waals surface area contributed by atoms with Crippen molar-refractivity contribution in [1.82, 2.24) is 9.56 Å². The van der Waals surface area contributed by atoms with Crippen LogP contribution < -0.4 is 15.2 Å². The van der Waals surface area contributed by atoms with E-state index in [1.54, 1.807) is 12.3 Å². The molecule has 1 aromatic heterocycles. The van der Waals surface area contributed by atoms with Crippen LogP contribution >= 0.6 is 11.6 Å². The van der Waals surface area contributed by atoms with Gasteiger partial charge in [0.25, 0.3) is 0 Å². The van der Waals surface area contributed by atoms with Crippen LogP contribution in [0, 0.1) is 11.7 Å². The second kappa shape index (κ2) is 4.38. The van der Waals surface area contributed by atoms with Gasteiger partial charge in [0.15, 0.2) is 12.7 Å². The number of pyridine rings is 1. The highest BCUT2D eigenvalue weighted by Crippen LogP contribution is 2.29. The van der Waals surface area contributed by atoms with E-state index in [0.717, 1.165) is 28.6 Å². The molecule has 2 nitrogen and oxygen atoms in total. The molecule has 0 bridgehead atoms. The minimum absolute atomic E-state index is 0.344. The van der Waals surface area contributed by atoms with E-state index in [1.807, 2.05) is 12.1 Å². The number of halogens is 2. The molecule has 0 N–H and O–H groups in total. The van der Waals surface area contributed by atoms with Gasteiger partial charge < -0.3 is 0 Å². The molecular formula is C16H13ClFN2+. The summed E-state index contributed by atoms with van der Waals surface area (Å²) in [5.41, 5.74) is 1.23. The maximum atomic E-state index is 13.8. The Bertz CT molecular complexity index is 825. The van der Waals surface area contributed by atoms with Gasteiger partial charge in [-0.15, -0.1) is 0 Å². The summed E-state index contributed by atoms with van der Waals surface area (Å²) < 4.78 is 16.1. The molecule has 0 spiro atoms. The molecule has 0 radical (unpaired) electrons. The van der Waals surface area contributed by atoms with Crippen LogP contribution in [-0.4, -0.2) is 11.5 Å². The Hall–Kier alpha value is -1.74. The van der Waals surface area contributed by atoms with E-state index in [2.05, 4.69) is 15.8 Å². The normalized spacial score (nSPS) is 16.4. The van der Waals surface area contributed by atoms with Crippen LogP contribution in [0.15, 0.2) is 30.6 Å². The molecule has 2 aliphatic rings. The number of nitrogens with zero attached hydrogens (tertiary/aromatic N) is 2. The highest BCUT2D eigenvalue weighted by molar-refractivity contribution is 6.33. The van der Waals surface area contributed by atoms with E-state index in [0.29, 0.717) is 10.6 Å². The predicted octanol–water partition coefficient (Wildman–Crippen LogP) is 2.19. The summed E-state index contributed by atoms with van der Waals surface area (Å²) in [7, 11) is 0. The van der Waals surface area contributed by atoms with Crippen molar-refractivity contribution in [2.24, 2.45) is 5.92 Å². The fourth-order valence-electron chi connectivity index (χ4n) is 2.65. The van der Waals surface area contributed by atoms with Gasteiger partial charge in [0.2, 0.25) is 5.36 Å². The smallest absolute Gasteiger partial charge is 0.220 e. The molecule has 1 saturated carbocycles. The molecule has 0 unspecified atom stereocenters. The van der Waals surface area contributed by atoms with E-state index in [-0.39, 0.29) is 5.82 Å². The van der Waals surface area contributed by atoms with E-state index in [4.69, 9.17) is 11.6 Å². The zero-order valence-corrected chi connectivity index (χ0v) is 11.6. The van der Waals surface area contributed by atoms with Crippen molar-refractivity contribution in [2.75, 3.05) is 6.54 Å². The summed E-state index contributed by atoms with van der Waals surface area (Å²) in [6.07, 6.45) is 7.52. The van der Waals surface area contributed by atoms with Crippen molar-refractivity contribution in [1.29, 1.82) is 0 Å². The lowest BCUT2D eigenvalue weighted by atomic mass is 10.0. The van der Waals surface area contributed by atoms with Crippen LogP contribution in [0.25, 0.3) is 17.3 Å². The SMILES string of the molecule is Fc1cnccc1-c1ccc2c(c1Cl)=C[N+]=2CC1CC1. The first-order valence-corrected chi connectivity index (χ1v) is 7.16. The molecule has 1 aromatic carbocycles. The van der Waals surface area contributed by atoms with E-state index in [1.165, 1.54) is 19.0 Å². The second-order valence-electron chi connectivity index (χ2n) is 5.44. The number of hydrogen-bond acceptors (Lipinski definition) is 1. The topological polar surface area (TPSA) is 15.9 Å². The largest absolute Gasteiger partial charge is 0.262 e. The fraction of sp³-hybridized carbons (Fsp3) is 0.250. The summed E-state index contributed by atoms with van der Waals surface area (Å²) in [5, 5.41) is 2.79. The van der Waals surface area contributed by atoms with Gasteiger partial charge in [-0.1, -0.05) is 11.6 Å². The van der Waals surface area contributed by atoms with Gasteiger partial charge >= 0.3 is 0 Å². The van der Waals surface area contributed by atoms with Crippen LogP contribution in [0.3, 0.4) is 0 Å². The molecule has 4 heteroatoms. The van der Waals surface area contributed by atoms with E-state index >= 15 is 0 Å². The highest BCUT2D eigenvalue weighted by Gasteiger charge is 2.29. The average molecular weight is 288 g/mol. The molecule has 0 atom stereocenters. The van der Waals surface area contributed by atoms with Crippen molar-refractivity contribution in [3.05, 3.63) is 52.0 Å². The molecule has 1 fully saturated rings. The third-order valence-electron chi connectivity index (χ3n) is 3.97. The molecule has 2 aromatic rings. The Morgan fingerprint density at radius 3 is 2.85 bits per heavy atom. The number of hydrogen-bond donors (Lipinski definition) is 0. The van der Waals surface area contributed by atoms with E-state index < -0.39 is 0 Å². The van der Waals surface area contributed by atoms with Crippen LogP contribution in [-0.2, 0) is 0 Å². The summed E-state index contributed by atoms with van der Waals surface area (Å²) >= 11 is 6.43.